The predicted molar refractivity (Wildman–Crippen MR) is 76.3 cm³/mol. The molecular formula is C15H32N2. The lowest BCUT2D eigenvalue weighted by Crippen LogP contribution is -2.39. The van der Waals surface area contributed by atoms with Crippen molar-refractivity contribution in [2.45, 2.75) is 46.5 Å². The molecular weight excluding hydrogens is 208 g/mol. The van der Waals surface area contributed by atoms with Gasteiger partial charge in [-0.05, 0) is 50.7 Å². The first kappa shape index (κ1) is 15.0. The first-order valence-corrected chi connectivity index (χ1v) is 7.24. The van der Waals surface area contributed by atoms with E-state index in [-0.39, 0.29) is 0 Å². The highest BCUT2D eigenvalue weighted by molar-refractivity contribution is 4.77. The van der Waals surface area contributed by atoms with Crippen molar-refractivity contribution >= 4 is 0 Å². The minimum Gasteiger partial charge on any atom is -0.316 e. The van der Waals surface area contributed by atoms with E-state index in [9.17, 15) is 0 Å². The molecule has 2 nitrogen and oxygen atoms in total. The second-order valence-corrected chi connectivity index (χ2v) is 7.16. The lowest BCUT2D eigenvalue weighted by molar-refractivity contribution is 0.219. The van der Waals surface area contributed by atoms with Crippen LogP contribution < -0.4 is 5.32 Å². The van der Waals surface area contributed by atoms with Crippen molar-refractivity contribution in [1.29, 1.82) is 0 Å². The molecule has 0 saturated heterocycles. The van der Waals surface area contributed by atoms with E-state index in [1.165, 1.54) is 32.2 Å². The van der Waals surface area contributed by atoms with E-state index in [0.717, 1.165) is 24.9 Å². The zero-order valence-corrected chi connectivity index (χ0v) is 12.6. The third-order valence-electron chi connectivity index (χ3n) is 3.92. The van der Waals surface area contributed by atoms with Crippen molar-refractivity contribution in [3.8, 4) is 0 Å². The van der Waals surface area contributed by atoms with E-state index in [1.54, 1.807) is 0 Å². The van der Waals surface area contributed by atoms with Crippen LogP contribution in [-0.2, 0) is 0 Å². The normalized spacial score (nSPS) is 26.5. The number of rotatable bonds is 6. The number of nitrogens with zero attached hydrogens (tertiary/aromatic N) is 1. The van der Waals surface area contributed by atoms with Crippen LogP contribution in [0, 0.1) is 17.3 Å². The Morgan fingerprint density at radius 3 is 2.24 bits per heavy atom. The molecule has 0 aromatic heterocycles. The molecule has 1 fully saturated rings. The molecule has 17 heavy (non-hydrogen) atoms. The maximum absolute atomic E-state index is 3.69. The minimum absolute atomic E-state index is 0.380. The van der Waals surface area contributed by atoms with E-state index in [4.69, 9.17) is 0 Å². The summed E-state index contributed by atoms with van der Waals surface area (Å²) in [5.74, 6) is 1.90. The van der Waals surface area contributed by atoms with Gasteiger partial charge in [0, 0.05) is 13.1 Å². The van der Waals surface area contributed by atoms with Gasteiger partial charge in [-0.15, -0.1) is 0 Å². The van der Waals surface area contributed by atoms with Crippen molar-refractivity contribution in [1.82, 2.24) is 10.2 Å². The summed E-state index contributed by atoms with van der Waals surface area (Å²) < 4.78 is 0. The van der Waals surface area contributed by atoms with E-state index in [1.807, 2.05) is 0 Å². The largest absolute Gasteiger partial charge is 0.316 e. The van der Waals surface area contributed by atoms with Gasteiger partial charge in [0.2, 0.25) is 0 Å². The zero-order chi connectivity index (χ0) is 12.9. The molecule has 0 bridgehead atoms. The van der Waals surface area contributed by atoms with Crippen molar-refractivity contribution < 1.29 is 0 Å². The molecule has 0 spiro atoms. The summed E-state index contributed by atoms with van der Waals surface area (Å²) in [7, 11) is 4.31. The van der Waals surface area contributed by atoms with Gasteiger partial charge in [-0.25, -0.2) is 0 Å². The smallest absolute Gasteiger partial charge is 0.00387 e. The Balaban J connectivity index is 2.14. The molecule has 0 radical (unpaired) electrons. The standard InChI is InChI=1S/C15H32N2/c1-13-6-8-14(9-7-13)10-16-11-15(2,3)12-17(4)5/h13-14,16H,6-12H2,1-5H3. The van der Waals surface area contributed by atoms with Crippen molar-refractivity contribution in [2.24, 2.45) is 17.3 Å². The minimum atomic E-state index is 0.380. The Kier molecular flexibility index (Phi) is 5.94. The van der Waals surface area contributed by atoms with Crippen LogP contribution in [0.1, 0.15) is 46.5 Å². The van der Waals surface area contributed by atoms with Crippen LogP contribution in [0.15, 0.2) is 0 Å². The summed E-state index contributed by atoms with van der Waals surface area (Å²) >= 11 is 0. The van der Waals surface area contributed by atoms with Gasteiger partial charge in [0.05, 0.1) is 0 Å². The average Bonchev–Trinajstić information content (AvgIpc) is 2.18. The molecule has 1 rings (SSSR count). The molecule has 102 valence electrons. The van der Waals surface area contributed by atoms with E-state index in [2.05, 4.69) is 45.1 Å². The summed E-state index contributed by atoms with van der Waals surface area (Å²) in [6, 6.07) is 0. The highest BCUT2D eigenvalue weighted by Gasteiger charge is 2.21. The fourth-order valence-electron chi connectivity index (χ4n) is 3.06. The molecule has 1 saturated carbocycles. The number of hydrogen-bond acceptors (Lipinski definition) is 2. The summed E-state index contributed by atoms with van der Waals surface area (Å²) in [6.45, 7) is 10.6. The molecule has 0 heterocycles. The van der Waals surface area contributed by atoms with Crippen LogP contribution in [0.25, 0.3) is 0 Å². The summed E-state index contributed by atoms with van der Waals surface area (Å²) in [5.41, 5.74) is 0.380. The topological polar surface area (TPSA) is 15.3 Å². The van der Waals surface area contributed by atoms with Gasteiger partial charge in [0.1, 0.15) is 0 Å². The molecule has 0 aliphatic heterocycles. The van der Waals surface area contributed by atoms with Gasteiger partial charge >= 0.3 is 0 Å². The van der Waals surface area contributed by atoms with Crippen molar-refractivity contribution in [3.05, 3.63) is 0 Å². The van der Waals surface area contributed by atoms with Gasteiger partial charge in [-0.1, -0.05) is 33.6 Å². The van der Waals surface area contributed by atoms with Gasteiger partial charge in [0.25, 0.3) is 0 Å². The average molecular weight is 240 g/mol. The predicted octanol–water partition coefficient (Wildman–Crippen LogP) is 2.99. The third kappa shape index (κ3) is 6.42. The Bertz CT molecular complexity index is 203. The Labute approximate surface area is 108 Å². The summed E-state index contributed by atoms with van der Waals surface area (Å²) in [4.78, 5) is 2.28. The lowest BCUT2D eigenvalue weighted by atomic mass is 9.83. The number of hydrogen-bond donors (Lipinski definition) is 1. The third-order valence-corrected chi connectivity index (χ3v) is 3.92. The lowest BCUT2D eigenvalue weighted by Gasteiger charge is -2.31. The molecule has 0 aromatic carbocycles. The SMILES string of the molecule is CC1CCC(CNCC(C)(C)CN(C)C)CC1. The molecule has 1 aliphatic carbocycles. The molecule has 0 aromatic rings. The fraction of sp³-hybridized carbons (Fsp3) is 1.00. The van der Waals surface area contributed by atoms with Crippen LogP contribution in [0.4, 0.5) is 0 Å². The van der Waals surface area contributed by atoms with Gasteiger partial charge in [-0.2, -0.15) is 0 Å². The monoisotopic (exact) mass is 240 g/mol. The van der Waals surface area contributed by atoms with Gasteiger partial charge in [0.15, 0.2) is 0 Å². The molecule has 2 heteroatoms. The first-order valence-electron chi connectivity index (χ1n) is 7.24. The number of nitrogens with one attached hydrogen (secondary N) is 1. The van der Waals surface area contributed by atoms with Crippen molar-refractivity contribution in [2.75, 3.05) is 33.7 Å². The fourth-order valence-corrected chi connectivity index (χ4v) is 3.06. The summed E-state index contributed by atoms with van der Waals surface area (Å²) in [5, 5.41) is 3.69. The van der Waals surface area contributed by atoms with Crippen molar-refractivity contribution in [3.63, 3.8) is 0 Å². The van der Waals surface area contributed by atoms with Gasteiger partial charge in [-0.3, -0.25) is 0 Å². The Morgan fingerprint density at radius 2 is 1.71 bits per heavy atom. The quantitative estimate of drug-likeness (QED) is 0.768. The van der Waals surface area contributed by atoms with Crippen LogP contribution in [-0.4, -0.2) is 38.6 Å². The second kappa shape index (κ2) is 6.75. The maximum Gasteiger partial charge on any atom is 0.00387 e. The molecule has 1 N–H and O–H groups in total. The molecule has 0 atom stereocenters. The summed E-state index contributed by atoms with van der Waals surface area (Å²) in [6.07, 6.45) is 5.74. The molecule has 0 unspecified atom stereocenters. The van der Waals surface area contributed by atoms with E-state index < -0.39 is 0 Å². The highest BCUT2D eigenvalue weighted by Crippen LogP contribution is 2.27. The zero-order valence-electron chi connectivity index (χ0n) is 12.6. The van der Waals surface area contributed by atoms with Crippen LogP contribution >= 0.6 is 0 Å². The van der Waals surface area contributed by atoms with Gasteiger partial charge < -0.3 is 10.2 Å². The molecule has 0 amide bonds. The van der Waals surface area contributed by atoms with Crippen LogP contribution in [0.5, 0.6) is 0 Å². The highest BCUT2D eigenvalue weighted by atomic mass is 15.1. The second-order valence-electron chi connectivity index (χ2n) is 7.16. The van der Waals surface area contributed by atoms with Crippen LogP contribution in [0.2, 0.25) is 0 Å². The Hall–Kier alpha value is -0.0800. The molecule has 1 aliphatic rings. The van der Waals surface area contributed by atoms with E-state index in [0.29, 0.717) is 5.41 Å². The first-order chi connectivity index (χ1) is 7.89. The Morgan fingerprint density at radius 1 is 1.12 bits per heavy atom. The van der Waals surface area contributed by atoms with E-state index >= 15 is 0 Å². The van der Waals surface area contributed by atoms with Crippen LogP contribution in [0.3, 0.4) is 0 Å². The maximum atomic E-state index is 3.69.